The van der Waals surface area contributed by atoms with Gasteiger partial charge in [0.05, 0.1) is 25.4 Å². The molecule has 3 N–H and O–H groups in total. The Kier molecular flexibility index (Phi) is 65.4. The van der Waals surface area contributed by atoms with Gasteiger partial charge >= 0.3 is 5.97 Å². The van der Waals surface area contributed by atoms with Crippen LogP contribution in [0.3, 0.4) is 0 Å². The molecule has 0 fully saturated rings. The molecule has 2 atom stereocenters. The molecule has 0 saturated carbocycles. The summed E-state index contributed by atoms with van der Waals surface area (Å²) in [5.41, 5.74) is 0. The number of esters is 1. The first-order valence-electron chi connectivity index (χ1n) is 35.1. The molecule has 0 heterocycles. The SMILES string of the molecule is CCC/C=C\C/C=C\CCCCCCCC(=O)OCCCCCCCCCCCCCCCCCCCCCCCCCCCCCCCCCC(=O)NC(CO)C(O)CCCCCCCCCCCCCCCCCC. The zero-order valence-electron chi connectivity index (χ0n) is 52.2. The molecule has 456 valence electrons. The van der Waals surface area contributed by atoms with Crippen LogP contribution in [0.25, 0.3) is 0 Å². The molecule has 6 heteroatoms. The van der Waals surface area contributed by atoms with E-state index in [9.17, 15) is 19.8 Å². The van der Waals surface area contributed by atoms with Gasteiger partial charge in [0.15, 0.2) is 0 Å². The largest absolute Gasteiger partial charge is 0.466 e. The summed E-state index contributed by atoms with van der Waals surface area (Å²) in [6.45, 7) is 4.92. The summed E-state index contributed by atoms with van der Waals surface area (Å²) in [5, 5.41) is 23.4. The molecule has 0 radical (unpaired) electrons. The van der Waals surface area contributed by atoms with Gasteiger partial charge in [0.1, 0.15) is 0 Å². The third kappa shape index (κ3) is 63.4. The number of hydrogen-bond donors (Lipinski definition) is 3. The first-order chi connectivity index (χ1) is 38.0. The summed E-state index contributed by atoms with van der Waals surface area (Å²) < 4.78 is 5.48. The molecule has 0 aliphatic carbocycles. The summed E-state index contributed by atoms with van der Waals surface area (Å²) in [4.78, 5) is 24.6. The van der Waals surface area contributed by atoms with Gasteiger partial charge in [0.25, 0.3) is 0 Å². The molecule has 0 aromatic rings. The summed E-state index contributed by atoms with van der Waals surface area (Å²) in [6.07, 6.45) is 83.8. The zero-order valence-corrected chi connectivity index (χ0v) is 52.2. The standard InChI is InChI=1S/C71H137NO5/c1-3-5-7-9-11-13-15-17-18-36-40-43-47-51-55-59-63-69(74)68(67-73)72-70(75)64-60-56-52-48-44-41-37-34-32-30-28-26-24-22-20-19-21-23-25-27-29-31-33-35-38-42-46-50-54-58-62-66-77-71(76)65-61-57-53-49-45-39-16-14-12-10-8-6-4-2/h8,10,14,16,68-69,73-74H,3-7,9,11-13,15,17-67H2,1-2H3,(H,72,75)/b10-8-,16-14-. The molecule has 77 heavy (non-hydrogen) atoms. The number of amides is 1. The minimum Gasteiger partial charge on any atom is -0.466 e. The number of unbranched alkanes of at least 4 members (excludes halogenated alkanes) is 51. The Balaban J connectivity index is 3.32. The molecule has 6 nitrogen and oxygen atoms in total. The molecule has 0 saturated heterocycles. The first kappa shape index (κ1) is 75.3. The molecule has 0 aromatic heterocycles. The third-order valence-electron chi connectivity index (χ3n) is 16.5. The Labute approximate surface area is 481 Å². The maximum absolute atomic E-state index is 12.5. The van der Waals surface area contributed by atoms with Crippen molar-refractivity contribution in [3.63, 3.8) is 0 Å². The minimum absolute atomic E-state index is 0.00577. The molecule has 1 amide bonds. The number of nitrogens with one attached hydrogen (secondary N) is 1. The normalized spacial score (nSPS) is 12.6. The molecule has 2 unspecified atom stereocenters. The fraction of sp³-hybridized carbons (Fsp3) is 0.915. The van der Waals surface area contributed by atoms with Crippen molar-refractivity contribution in [3.05, 3.63) is 24.3 Å². The van der Waals surface area contributed by atoms with Crippen molar-refractivity contribution in [2.75, 3.05) is 13.2 Å². The van der Waals surface area contributed by atoms with Crippen LogP contribution in [0, 0.1) is 0 Å². The zero-order chi connectivity index (χ0) is 55.7. The molecule has 0 rings (SSSR count). The van der Waals surface area contributed by atoms with Crippen LogP contribution in [0.4, 0.5) is 0 Å². The number of carbonyl (C=O) groups excluding carboxylic acids is 2. The number of hydrogen-bond acceptors (Lipinski definition) is 5. The molecule has 0 spiro atoms. The van der Waals surface area contributed by atoms with E-state index in [1.54, 1.807) is 0 Å². The lowest BCUT2D eigenvalue weighted by Gasteiger charge is -2.22. The van der Waals surface area contributed by atoms with Crippen molar-refractivity contribution in [1.29, 1.82) is 0 Å². The smallest absolute Gasteiger partial charge is 0.305 e. The van der Waals surface area contributed by atoms with Crippen molar-refractivity contribution in [2.24, 2.45) is 0 Å². The van der Waals surface area contributed by atoms with E-state index in [4.69, 9.17) is 4.74 Å². The number of rotatable bonds is 66. The Morgan fingerprint density at radius 2 is 0.675 bits per heavy atom. The second-order valence-corrected chi connectivity index (χ2v) is 24.2. The summed E-state index contributed by atoms with van der Waals surface area (Å²) in [6, 6.07) is -0.538. The molecular weight excluding hydrogens is 947 g/mol. The average molecular weight is 1080 g/mol. The van der Waals surface area contributed by atoms with Gasteiger partial charge in [0, 0.05) is 12.8 Å². The van der Waals surface area contributed by atoms with E-state index in [0.717, 1.165) is 51.4 Å². The van der Waals surface area contributed by atoms with Gasteiger partial charge < -0.3 is 20.3 Å². The molecule has 0 bridgehead atoms. The van der Waals surface area contributed by atoms with Crippen LogP contribution in [-0.2, 0) is 14.3 Å². The highest BCUT2D eigenvalue weighted by Crippen LogP contribution is 2.19. The highest BCUT2D eigenvalue weighted by Gasteiger charge is 2.20. The van der Waals surface area contributed by atoms with E-state index in [-0.39, 0.29) is 18.5 Å². The van der Waals surface area contributed by atoms with Crippen molar-refractivity contribution in [2.45, 2.75) is 405 Å². The van der Waals surface area contributed by atoms with Gasteiger partial charge in [-0.3, -0.25) is 9.59 Å². The lowest BCUT2D eigenvalue weighted by Crippen LogP contribution is -2.45. The Morgan fingerprint density at radius 3 is 1.04 bits per heavy atom. The Bertz CT molecular complexity index is 1200. The molecule has 0 aliphatic rings. The molecular formula is C71H137NO5. The van der Waals surface area contributed by atoms with Gasteiger partial charge in [0.2, 0.25) is 5.91 Å². The van der Waals surface area contributed by atoms with Crippen molar-refractivity contribution >= 4 is 11.9 Å². The third-order valence-corrected chi connectivity index (χ3v) is 16.5. The van der Waals surface area contributed by atoms with E-state index >= 15 is 0 Å². The van der Waals surface area contributed by atoms with E-state index in [2.05, 4.69) is 43.5 Å². The van der Waals surface area contributed by atoms with E-state index in [1.807, 2.05) is 0 Å². The van der Waals surface area contributed by atoms with Crippen LogP contribution in [0.15, 0.2) is 24.3 Å². The predicted octanol–water partition coefficient (Wildman–Crippen LogP) is 22.5. The van der Waals surface area contributed by atoms with E-state index in [0.29, 0.717) is 25.9 Å². The highest BCUT2D eigenvalue weighted by atomic mass is 16.5. The summed E-state index contributed by atoms with van der Waals surface area (Å²) in [7, 11) is 0. The van der Waals surface area contributed by atoms with Crippen LogP contribution >= 0.6 is 0 Å². The number of ether oxygens (including phenoxy) is 1. The molecule has 0 aliphatic heterocycles. The van der Waals surface area contributed by atoms with Crippen molar-refractivity contribution in [3.8, 4) is 0 Å². The van der Waals surface area contributed by atoms with Crippen molar-refractivity contribution < 1.29 is 24.5 Å². The second kappa shape index (κ2) is 66.8. The van der Waals surface area contributed by atoms with Gasteiger partial charge in [-0.1, -0.05) is 353 Å². The predicted molar refractivity (Wildman–Crippen MR) is 338 cm³/mol. The minimum atomic E-state index is -0.661. The van der Waals surface area contributed by atoms with Crippen LogP contribution in [0.2, 0.25) is 0 Å². The Morgan fingerprint density at radius 1 is 0.364 bits per heavy atom. The average Bonchev–Trinajstić information content (AvgIpc) is 3.43. The van der Waals surface area contributed by atoms with E-state index < -0.39 is 12.1 Å². The van der Waals surface area contributed by atoms with Gasteiger partial charge in [-0.15, -0.1) is 0 Å². The fourth-order valence-electron chi connectivity index (χ4n) is 11.2. The summed E-state index contributed by atoms with van der Waals surface area (Å²) in [5.74, 6) is -0.0217. The van der Waals surface area contributed by atoms with Crippen LogP contribution in [0.1, 0.15) is 393 Å². The maximum Gasteiger partial charge on any atom is 0.305 e. The Hall–Kier alpha value is -1.66. The summed E-state index contributed by atoms with van der Waals surface area (Å²) >= 11 is 0. The lowest BCUT2D eigenvalue weighted by molar-refractivity contribution is -0.143. The second-order valence-electron chi connectivity index (χ2n) is 24.2. The quantitative estimate of drug-likeness (QED) is 0.0320. The number of aliphatic hydroxyl groups is 2. The molecule has 0 aromatic carbocycles. The monoisotopic (exact) mass is 1080 g/mol. The fourth-order valence-corrected chi connectivity index (χ4v) is 11.2. The van der Waals surface area contributed by atoms with Gasteiger partial charge in [-0.2, -0.15) is 0 Å². The maximum atomic E-state index is 12.5. The van der Waals surface area contributed by atoms with Crippen LogP contribution < -0.4 is 5.32 Å². The number of aliphatic hydroxyl groups excluding tert-OH is 2. The van der Waals surface area contributed by atoms with Crippen LogP contribution in [-0.4, -0.2) is 47.4 Å². The first-order valence-corrected chi connectivity index (χ1v) is 35.1. The van der Waals surface area contributed by atoms with Crippen molar-refractivity contribution in [1.82, 2.24) is 5.32 Å². The van der Waals surface area contributed by atoms with E-state index in [1.165, 1.54) is 308 Å². The van der Waals surface area contributed by atoms with Gasteiger partial charge in [-0.25, -0.2) is 0 Å². The number of carbonyl (C=O) groups is 2. The highest BCUT2D eigenvalue weighted by molar-refractivity contribution is 5.76. The lowest BCUT2D eigenvalue weighted by atomic mass is 10.0. The van der Waals surface area contributed by atoms with Crippen LogP contribution in [0.5, 0.6) is 0 Å². The van der Waals surface area contributed by atoms with Gasteiger partial charge in [-0.05, 0) is 51.4 Å². The number of allylic oxidation sites excluding steroid dienone is 4. The topological polar surface area (TPSA) is 95.9 Å².